The predicted molar refractivity (Wildman–Crippen MR) is 73.6 cm³/mol. The van der Waals surface area contributed by atoms with Crippen molar-refractivity contribution in [2.24, 2.45) is 0 Å². The molecule has 0 fully saturated rings. The monoisotopic (exact) mass is 282 g/mol. The molecule has 0 aliphatic carbocycles. The molecule has 2 aromatic carbocycles. The van der Waals surface area contributed by atoms with Crippen LogP contribution in [0.15, 0.2) is 36.4 Å². The van der Waals surface area contributed by atoms with Gasteiger partial charge in [-0.05, 0) is 42.3 Å². The lowest BCUT2D eigenvalue weighted by Gasteiger charge is -2.10. The van der Waals surface area contributed by atoms with E-state index >= 15 is 0 Å². The molecule has 0 heterocycles. The molecule has 4 heteroatoms. The Bertz CT molecular complexity index is 568. The van der Waals surface area contributed by atoms with Crippen molar-refractivity contribution < 1.29 is 9.84 Å². The number of aryl methyl sites for hydroxylation is 1. The van der Waals surface area contributed by atoms with E-state index in [-0.39, 0.29) is 6.61 Å². The minimum absolute atomic E-state index is 0.0179. The summed E-state index contributed by atoms with van der Waals surface area (Å²) in [6.45, 7) is 1.93. The maximum Gasteiger partial charge on any atom is 0.147 e. The van der Waals surface area contributed by atoms with Crippen molar-refractivity contribution in [1.82, 2.24) is 0 Å². The fourth-order valence-corrected chi connectivity index (χ4v) is 1.91. The van der Waals surface area contributed by atoms with E-state index in [1.165, 1.54) is 0 Å². The molecule has 0 atom stereocenters. The predicted octanol–water partition coefficient (Wildman–Crippen LogP) is 4.59. The molecule has 0 bridgehead atoms. The van der Waals surface area contributed by atoms with Gasteiger partial charge in [0.05, 0.1) is 11.6 Å². The van der Waals surface area contributed by atoms with E-state index in [1.807, 2.05) is 19.1 Å². The maximum absolute atomic E-state index is 9.10. The standard InChI is InChI=1S/C14H12Cl2O2/c1-9-6-12(4-2-10(9)8-17)18-14-7-11(15)3-5-13(14)16/h2-7,17H,8H2,1H3. The average molecular weight is 283 g/mol. The Balaban J connectivity index is 2.28. The Kier molecular flexibility index (Phi) is 4.12. The first-order valence-corrected chi connectivity index (χ1v) is 6.19. The van der Waals surface area contributed by atoms with Gasteiger partial charge in [-0.25, -0.2) is 0 Å². The Morgan fingerprint density at radius 2 is 1.89 bits per heavy atom. The van der Waals surface area contributed by atoms with Crippen molar-refractivity contribution in [3.05, 3.63) is 57.6 Å². The maximum atomic E-state index is 9.10. The van der Waals surface area contributed by atoms with Gasteiger partial charge in [0.15, 0.2) is 0 Å². The van der Waals surface area contributed by atoms with Crippen LogP contribution in [0.5, 0.6) is 11.5 Å². The van der Waals surface area contributed by atoms with Gasteiger partial charge < -0.3 is 9.84 Å². The van der Waals surface area contributed by atoms with Gasteiger partial charge in [0.2, 0.25) is 0 Å². The van der Waals surface area contributed by atoms with Crippen LogP contribution in [0.1, 0.15) is 11.1 Å². The zero-order chi connectivity index (χ0) is 13.1. The molecule has 0 amide bonds. The fraction of sp³-hybridized carbons (Fsp3) is 0.143. The highest BCUT2D eigenvalue weighted by atomic mass is 35.5. The highest BCUT2D eigenvalue weighted by Crippen LogP contribution is 2.32. The van der Waals surface area contributed by atoms with Gasteiger partial charge in [0, 0.05) is 11.1 Å². The lowest BCUT2D eigenvalue weighted by Crippen LogP contribution is -1.91. The van der Waals surface area contributed by atoms with Crippen molar-refractivity contribution in [2.75, 3.05) is 0 Å². The summed E-state index contributed by atoms with van der Waals surface area (Å²) in [6, 6.07) is 10.5. The van der Waals surface area contributed by atoms with Crippen molar-refractivity contribution in [3.8, 4) is 11.5 Å². The molecule has 0 aliphatic heterocycles. The molecule has 0 saturated carbocycles. The lowest BCUT2D eigenvalue weighted by atomic mass is 10.1. The molecule has 0 saturated heterocycles. The molecule has 0 aromatic heterocycles. The number of ether oxygens (including phenoxy) is 1. The second kappa shape index (κ2) is 5.61. The number of rotatable bonds is 3. The third-order valence-electron chi connectivity index (χ3n) is 2.61. The second-order valence-electron chi connectivity index (χ2n) is 3.92. The van der Waals surface area contributed by atoms with Crippen LogP contribution in [-0.4, -0.2) is 5.11 Å². The number of aliphatic hydroxyl groups excluding tert-OH is 1. The zero-order valence-corrected chi connectivity index (χ0v) is 11.3. The number of hydrogen-bond donors (Lipinski definition) is 1. The van der Waals surface area contributed by atoms with Crippen LogP contribution in [0, 0.1) is 6.92 Å². The van der Waals surface area contributed by atoms with Crippen molar-refractivity contribution in [1.29, 1.82) is 0 Å². The topological polar surface area (TPSA) is 29.5 Å². The Hall–Kier alpha value is -1.22. The molecule has 2 nitrogen and oxygen atoms in total. The summed E-state index contributed by atoms with van der Waals surface area (Å²) >= 11 is 11.9. The summed E-state index contributed by atoms with van der Waals surface area (Å²) in [5.74, 6) is 1.18. The summed E-state index contributed by atoms with van der Waals surface area (Å²) < 4.78 is 5.67. The number of aliphatic hydroxyl groups is 1. The molecule has 0 aliphatic rings. The minimum Gasteiger partial charge on any atom is -0.456 e. The SMILES string of the molecule is Cc1cc(Oc2cc(Cl)ccc2Cl)ccc1CO. The molecule has 2 aromatic rings. The summed E-state index contributed by atoms with van der Waals surface area (Å²) in [6.07, 6.45) is 0. The van der Waals surface area contributed by atoms with Gasteiger partial charge in [-0.1, -0.05) is 29.3 Å². The summed E-state index contributed by atoms with van der Waals surface area (Å²) in [7, 11) is 0. The van der Waals surface area contributed by atoms with Crippen molar-refractivity contribution in [3.63, 3.8) is 0 Å². The third kappa shape index (κ3) is 2.96. The van der Waals surface area contributed by atoms with E-state index < -0.39 is 0 Å². The zero-order valence-electron chi connectivity index (χ0n) is 9.78. The van der Waals surface area contributed by atoms with Crippen LogP contribution in [0.2, 0.25) is 10.0 Å². The highest BCUT2D eigenvalue weighted by Gasteiger charge is 2.05. The van der Waals surface area contributed by atoms with Gasteiger partial charge in [-0.3, -0.25) is 0 Å². The van der Waals surface area contributed by atoms with Crippen molar-refractivity contribution >= 4 is 23.2 Å². The van der Waals surface area contributed by atoms with Crippen LogP contribution >= 0.6 is 23.2 Å². The average Bonchev–Trinajstić information content (AvgIpc) is 2.34. The number of benzene rings is 2. The van der Waals surface area contributed by atoms with E-state index in [0.29, 0.717) is 21.5 Å². The van der Waals surface area contributed by atoms with Gasteiger partial charge >= 0.3 is 0 Å². The Labute approximate surface area is 116 Å². The minimum atomic E-state index is 0.0179. The number of hydrogen-bond acceptors (Lipinski definition) is 2. The van der Waals surface area contributed by atoms with E-state index in [2.05, 4.69) is 0 Å². The molecule has 0 unspecified atom stereocenters. The van der Waals surface area contributed by atoms with E-state index in [0.717, 1.165) is 11.1 Å². The Morgan fingerprint density at radius 3 is 2.56 bits per heavy atom. The summed E-state index contributed by atoms with van der Waals surface area (Å²) in [5, 5.41) is 10.2. The van der Waals surface area contributed by atoms with Gasteiger partial charge in [0.25, 0.3) is 0 Å². The summed E-state index contributed by atoms with van der Waals surface area (Å²) in [4.78, 5) is 0. The number of halogens is 2. The quantitative estimate of drug-likeness (QED) is 0.893. The van der Waals surface area contributed by atoms with Crippen LogP contribution in [0.25, 0.3) is 0 Å². The second-order valence-corrected chi connectivity index (χ2v) is 4.77. The molecule has 94 valence electrons. The molecule has 18 heavy (non-hydrogen) atoms. The van der Waals surface area contributed by atoms with Crippen LogP contribution in [-0.2, 0) is 6.61 Å². The van der Waals surface area contributed by atoms with Gasteiger partial charge in [0.1, 0.15) is 11.5 Å². The first-order chi connectivity index (χ1) is 8.60. The molecule has 0 radical (unpaired) electrons. The van der Waals surface area contributed by atoms with E-state index in [9.17, 15) is 0 Å². The highest BCUT2D eigenvalue weighted by molar-refractivity contribution is 6.34. The van der Waals surface area contributed by atoms with E-state index in [1.54, 1.807) is 24.3 Å². The first-order valence-electron chi connectivity index (χ1n) is 5.43. The molecule has 2 rings (SSSR count). The molecular weight excluding hydrogens is 271 g/mol. The largest absolute Gasteiger partial charge is 0.456 e. The Morgan fingerprint density at radius 1 is 1.11 bits per heavy atom. The van der Waals surface area contributed by atoms with Crippen molar-refractivity contribution in [2.45, 2.75) is 13.5 Å². The molecule has 0 spiro atoms. The lowest BCUT2D eigenvalue weighted by molar-refractivity contribution is 0.281. The van der Waals surface area contributed by atoms with Gasteiger partial charge in [-0.15, -0.1) is 0 Å². The summed E-state index contributed by atoms with van der Waals surface area (Å²) in [5.41, 5.74) is 1.84. The fourth-order valence-electron chi connectivity index (χ4n) is 1.59. The first kappa shape index (κ1) is 13.2. The smallest absolute Gasteiger partial charge is 0.147 e. The van der Waals surface area contributed by atoms with Crippen LogP contribution < -0.4 is 4.74 Å². The third-order valence-corrected chi connectivity index (χ3v) is 3.15. The normalized spacial score (nSPS) is 10.4. The van der Waals surface area contributed by atoms with E-state index in [4.69, 9.17) is 33.0 Å². The molecular formula is C14H12Cl2O2. The van der Waals surface area contributed by atoms with Gasteiger partial charge in [-0.2, -0.15) is 0 Å². The van der Waals surface area contributed by atoms with Crippen LogP contribution in [0.4, 0.5) is 0 Å². The van der Waals surface area contributed by atoms with Crippen LogP contribution in [0.3, 0.4) is 0 Å². The molecule has 1 N–H and O–H groups in total.